The van der Waals surface area contributed by atoms with Crippen LogP contribution in [0.5, 0.6) is 0 Å². The SMILES string of the molecule is O=C=C1C=CC=C(O)C1Nc1ccccc1. The van der Waals surface area contributed by atoms with E-state index in [0.717, 1.165) is 5.69 Å². The maximum Gasteiger partial charge on any atom is 0.130 e. The van der Waals surface area contributed by atoms with Crippen molar-refractivity contribution in [3.8, 4) is 0 Å². The van der Waals surface area contributed by atoms with Gasteiger partial charge in [0.1, 0.15) is 17.7 Å². The summed E-state index contributed by atoms with van der Waals surface area (Å²) in [5.41, 5.74) is 1.24. The molecule has 0 amide bonds. The number of aliphatic hydroxyl groups excluding tert-OH is 1. The van der Waals surface area contributed by atoms with Gasteiger partial charge in [-0.05, 0) is 24.3 Å². The highest BCUT2D eigenvalue weighted by Gasteiger charge is 2.19. The lowest BCUT2D eigenvalue weighted by molar-refractivity contribution is 0.386. The second-order valence-electron chi connectivity index (χ2n) is 3.45. The summed E-state index contributed by atoms with van der Waals surface area (Å²) in [5, 5.41) is 12.7. The van der Waals surface area contributed by atoms with Crippen LogP contribution in [0.25, 0.3) is 0 Å². The van der Waals surface area contributed by atoms with Crippen molar-refractivity contribution in [2.45, 2.75) is 6.04 Å². The van der Waals surface area contributed by atoms with Gasteiger partial charge in [-0.1, -0.05) is 24.3 Å². The topological polar surface area (TPSA) is 49.3 Å². The van der Waals surface area contributed by atoms with Crippen molar-refractivity contribution in [2.75, 3.05) is 5.32 Å². The van der Waals surface area contributed by atoms with Crippen molar-refractivity contribution < 1.29 is 9.90 Å². The molecule has 1 aliphatic carbocycles. The fraction of sp³-hybridized carbons (Fsp3) is 0.0769. The lowest BCUT2D eigenvalue weighted by Crippen LogP contribution is -2.25. The molecule has 1 aliphatic rings. The second-order valence-corrected chi connectivity index (χ2v) is 3.45. The van der Waals surface area contributed by atoms with Gasteiger partial charge < -0.3 is 10.4 Å². The van der Waals surface area contributed by atoms with Crippen molar-refractivity contribution in [1.82, 2.24) is 0 Å². The molecule has 80 valence electrons. The summed E-state index contributed by atoms with van der Waals surface area (Å²) in [6.07, 6.45) is 4.81. The van der Waals surface area contributed by atoms with E-state index in [2.05, 4.69) is 5.32 Å². The third kappa shape index (κ3) is 2.05. The number of benzene rings is 1. The number of aliphatic hydroxyl groups is 1. The number of allylic oxidation sites excluding steroid dienone is 2. The average Bonchev–Trinajstić information content (AvgIpc) is 2.33. The molecule has 0 heterocycles. The Labute approximate surface area is 93.4 Å². The highest BCUT2D eigenvalue weighted by atomic mass is 16.3. The predicted octanol–water partition coefficient (Wildman–Crippen LogP) is 2.24. The third-order valence-electron chi connectivity index (χ3n) is 2.35. The fourth-order valence-electron chi connectivity index (χ4n) is 1.55. The molecule has 0 aromatic heterocycles. The number of hydrogen-bond acceptors (Lipinski definition) is 3. The molecule has 0 radical (unpaired) electrons. The maximum absolute atomic E-state index is 10.7. The first-order chi connectivity index (χ1) is 7.81. The van der Waals surface area contributed by atoms with Crippen LogP contribution in [0, 0.1) is 0 Å². The van der Waals surface area contributed by atoms with Crippen LogP contribution < -0.4 is 5.32 Å². The van der Waals surface area contributed by atoms with Crippen molar-refractivity contribution >= 4 is 11.6 Å². The van der Waals surface area contributed by atoms with E-state index < -0.39 is 6.04 Å². The first-order valence-electron chi connectivity index (χ1n) is 4.95. The summed E-state index contributed by atoms with van der Waals surface area (Å²) in [4.78, 5) is 10.7. The highest BCUT2D eigenvalue weighted by Crippen LogP contribution is 2.19. The number of nitrogens with one attached hydrogen (secondary N) is 1. The molecule has 0 fully saturated rings. The summed E-state index contributed by atoms with van der Waals surface area (Å²) in [5.74, 6) is 1.94. The van der Waals surface area contributed by atoms with Crippen LogP contribution in [-0.2, 0) is 4.79 Å². The molecule has 3 nitrogen and oxygen atoms in total. The lowest BCUT2D eigenvalue weighted by Gasteiger charge is -2.20. The Kier molecular flexibility index (Phi) is 2.90. The van der Waals surface area contributed by atoms with Gasteiger partial charge in [-0.2, -0.15) is 0 Å². The van der Waals surface area contributed by atoms with Crippen LogP contribution in [0.4, 0.5) is 5.69 Å². The number of anilines is 1. The summed E-state index contributed by atoms with van der Waals surface area (Å²) in [7, 11) is 0. The van der Waals surface area contributed by atoms with Crippen molar-refractivity contribution in [1.29, 1.82) is 0 Å². The summed E-state index contributed by atoms with van der Waals surface area (Å²) in [6, 6.07) is 8.89. The molecular formula is C13H11NO2. The van der Waals surface area contributed by atoms with Gasteiger partial charge in [-0.15, -0.1) is 0 Å². The van der Waals surface area contributed by atoms with Crippen molar-refractivity contribution in [3.63, 3.8) is 0 Å². The van der Waals surface area contributed by atoms with Crippen LogP contribution in [0.2, 0.25) is 0 Å². The molecule has 0 saturated heterocycles. The van der Waals surface area contributed by atoms with Gasteiger partial charge >= 0.3 is 0 Å². The van der Waals surface area contributed by atoms with Crippen molar-refractivity contribution in [2.24, 2.45) is 0 Å². The standard InChI is InChI=1S/C13H11NO2/c15-9-10-5-4-8-12(16)13(10)14-11-6-2-1-3-7-11/h1-8,13-14,16H. The van der Waals surface area contributed by atoms with Gasteiger partial charge in [-0.3, -0.25) is 0 Å². The molecule has 2 N–H and O–H groups in total. The fourth-order valence-corrected chi connectivity index (χ4v) is 1.55. The first-order valence-corrected chi connectivity index (χ1v) is 4.95. The monoisotopic (exact) mass is 213 g/mol. The molecular weight excluding hydrogens is 202 g/mol. The number of hydrogen-bond donors (Lipinski definition) is 2. The van der Waals surface area contributed by atoms with Crippen molar-refractivity contribution in [3.05, 3.63) is 59.9 Å². The molecule has 1 aromatic rings. The van der Waals surface area contributed by atoms with Crippen LogP contribution in [0.3, 0.4) is 0 Å². The van der Waals surface area contributed by atoms with E-state index in [1.54, 1.807) is 18.2 Å². The van der Waals surface area contributed by atoms with E-state index in [1.165, 1.54) is 0 Å². The molecule has 0 aliphatic heterocycles. The Bertz CT molecular complexity index is 482. The van der Waals surface area contributed by atoms with Crippen LogP contribution in [0.1, 0.15) is 0 Å². The largest absolute Gasteiger partial charge is 0.510 e. The lowest BCUT2D eigenvalue weighted by atomic mass is 10.0. The molecule has 0 bridgehead atoms. The van der Waals surface area contributed by atoms with Gasteiger partial charge in [0.25, 0.3) is 0 Å². The van der Waals surface area contributed by atoms with E-state index >= 15 is 0 Å². The number of rotatable bonds is 2. The molecule has 16 heavy (non-hydrogen) atoms. The van der Waals surface area contributed by atoms with Crippen LogP contribution in [-0.4, -0.2) is 17.1 Å². The van der Waals surface area contributed by atoms with Gasteiger partial charge in [0, 0.05) is 5.69 Å². The Hall–Kier alpha value is -2.25. The normalized spacial score (nSPS) is 18.9. The Morgan fingerprint density at radius 1 is 1.25 bits per heavy atom. The first kappa shape index (κ1) is 10.3. The number of carbonyl (C=O) groups excluding carboxylic acids is 1. The quantitative estimate of drug-likeness (QED) is 0.741. The van der Waals surface area contributed by atoms with E-state index in [4.69, 9.17) is 0 Å². The minimum absolute atomic E-state index is 0.115. The predicted molar refractivity (Wildman–Crippen MR) is 62.9 cm³/mol. The van der Waals surface area contributed by atoms with E-state index in [9.17, 15) is 9.90 Å². The van der Waals surface area contributed by atoms with Gasteiger partial charge in [0.2, 0.25) is 0 Å². The van der Waals surface area contributed by atoms with Crippen LogP contribution in [0.15, 0.2) is 59.9 Å². The number of para-hydroxylation sites is 1. The molecule has 3 heteroatoms. The van der Waals surface area contributed by atoms with Gasteiger partial charge in [0.05, 0.1) is 5.57 Å². The summed E-state index contributed by atoms with van der Waals surface area (Å²) in [6.45, 7) is 0. The molecule has 0 saturated carbocycles. The minimum Gasteiger partial charge on any atom is -0.510 e. The average molecular weight is 213 g/mol. The van der Waals surface area contributed by atoms with E-state index in [0.29, 0.717) is 5.57 Å². The smallest absolute Gasteiger partial charge is 0.130 e. The molecule has 1 atom stereocenters. The Balaban J connectivity index is 2.24. The summed E-state index contributed by atoms with van der Waals surface area (Å²) >= 11 is 0. The molecule has 1 aromatic carbocycles. The van der Waals surface area contributed by atoms with E-state index in [1.807, 2.05) is 36.3 Å². The third-order valence-corrected chi connectivity index (χ3v) is 2.35. The Morgan fingerprint density at radius 3 is 2.69 bits per heavy atom. The maximum atomic E-state index is 10.7. The second kappa shape index (κ2) is 4.51. The zero-order valence-electron chi connectivity index (χ0n) is 8.55. The molecule has 1 unspecified atom stereocenters. The zero-order chi connectivity index (χ0) is 11.4. The molecule has 2 rings (SSSR count). The van der Waals surface area contributed by atoms with E-state index in [-0.39, 0.29) is 5.76 Å². The minimum atomic E-state index is -0.509. The highest BCUT2D eigenvalue weighted by molar-refractivity contribution is 5.66. The summed E-state index contributed by atoms with van der Waals surface area (Å²) < 4.78 is 0. The Morgan fingerprint density at radius 2 is 2.00 bits per heavy atom. The zero-order valence-corrected chi connectivity index (χ0v) is 8.55. The van der Waals surface area contributed by atoms with Crippen LogP contribution >= 0.6 is 0 Å². The van der Waals surface area contributed by atoms with Gasteiger partial charge in [-0.25, -0.2) is 4.79 Å². The molecule has 0 spiro atoms. The van der Waals surface area contributed by atoms with Gasteiger partial charge in [0.15, 0.2) is 0 Å².